The summed E-state index contributed by atoms with van der Waals surface area (Å²) in [4.78, 5) is 10.5. The molecule has 0 amide bonds. The Morgan fingerprint density at radius 3 is 2.50 bits per heavy atom. The van der Waals surface area contributed by atoms with Crippen molar-refractivity contribution in [3.63, 3.8) is 0 Å². The van der Waals surface area contributed by atoms with E-state index in [1.165, 1.54) is 0 Å². The molecule has 46 valence electrons. The first-order valence-electron chi connectivity index (χ1n) is 2.95. The van der Waals surface area contributed by atoms with Crippen LogP contribution < -0.4 is 0 Å². The molecule has 1 atom stereocenters. The summed E-state index contributed by atoms with van der Waals surface area (Å²) in [5.74, 6) is 0.0139. The molecular formula is C6H10O2. The molecule has 1 aliphatic rings. The zero-order valence-corrected chi connectivity index (χ0v) is 4.98. The standard InChI is InChI=1S/C6H10O2/c1-2-6(8)4-3-5(6)7/h8H,2-4H2,1H3. The lowest BCUT2D eigenvalue weighted by molar-refractivity contribution is -0.150. The first-order chi connectivity index (χ1) is 3.69. The van der Waals surface area contributed by atoms with Crippen molar-refractivity contribution in [3.8, 4) is 0 Å². The van der Waals surface area contributed by atoms with Crippen molar-refractivity contribution in [2.45, 2.75) is 31.8 Å². The molecule has 8 heavy (non-hydrogen) atoms. The predicted octanol–water partition coefficient (Wildman–Crippen LogP) is 0.490. The minimum Gasteiger partial charge on any atom is -0.382 e. The molecule has 1 fully saturated rings. The third-order valence-electron chi connectivity index (χ3n) is 1.87. The normalized spacial score (nSPS) is 37.0. The molecule has 0 heterocycles. The summed E-state index contributed by atoms with van der Waals surface area (Å²) in [6, 6.07) is 0. The van der Waals surface area contributed by atoms with Crippen molar-refractivity contribution >= 4 is 5.78 Å². The molecule has 0 aromatic carbocycles. The summed E-state index contributed by atoms with van der Waals surface area (Å²) in [6.07, 6.45) is 1.82. The molecule has 1 saturated carbocycles. The maximum absolute atomic E-state index is 10.5. The van der Waals surface area contributed by atoms with Crippen LogP contribution in [0.25, 0.3) is 0 Å². The largest absolute Gasteiger partial charge is 0.382 e. The van der Waals surface area contributed by atoms with Crippen LogP contribution in [0.1, 0.15) is 26.2 Å². The highest BCUT2D eigenvalue weighted by molar-refractivity contribution is 5.92. The van der Waals surface area contributed by atoms with Gasteiger partial charge < -0.3 is 5.11 Å². The van der Waals surface area contributed by atoms with Gasteiger partial charge in [-0.2, -0.15) is 0 Å². The number of rotatable bonds is 1. The molecular weight excluding hydrogens is 104 g/mol. The van der Waals surface area contributed by atoms with Gasteiger partial charge in [0, 0.05) is 6.42 Å². The van der Waals surface area contributed by atoms with E-state index in [1.54, 1.807) is 0 Å². The first-order valence-corrected chi connectivity index (χ1v) is 2.95. The number of aliphatic hydroxyl groups is 1. The molecule has 0 aromatic heterocycles. The second-order valence-corrected chi connectivity index (χ2v) is 2.31. The van der Waals surface area contributed by atoms with Crippen LogP contribution in [-0.2, 0) is 4.79 Å². The Labute approximate surface area is 48.5 Å². The average molecular weight is 114 g/mol. The summed E-state index contributed by atoms with van der Waals surface area (Å²) < 4.78 is 0. The molecule has 0 aromatic rings. The third kappa shape index (κ3) is 0.564. The highest BCUT2D eigenvalue weighted by atomic mass is 16.3. The van der Waals surface area contributed by atoms with Gasteiger partial charge in [0.1, 0.15) is 5.60 Å². The van der Waals surface area contributed by atoms with Crippen LogP contribution in [0.3, 0.4) is 0 Å². The summed E-state index contributed by atoms with van der Waals surface area (Å²) >= 11 is 0. The molecule has 0 saturated heterocycles. The van der Waals surface area contributed by atoms with Gasteiger partial charge in [-0.05, 0) is 12.8 Å². The van der Waals surface area contributed by atoms with Gasteiger partial charge in [-0.3, -0.25) is 4.79 Å². The van der Waals surface area contributed by atoms with E-state index in [-0.39, 0.29) is 5.78 Å². The molecule has 0 radical (unpaired) electrons. The summed E-state index contributed by atoms with van der Waals surface area (Å²) in [6.45, 7) is 1.83. The van der Waals surface area contributed by atoms with E-state index >= 15 is 0 Å². The topological polar surface area (TPSA) is 37.3 Å². The number of carbonyl (C=O) groups is 1. The number of ketones is 1. The van der Waals surface area contributed by atoms with Gasteiger partial charge in [-0.1, -0.05) is 6.92 Å². The monoisotopic (exact) mass is 114 g/mol. The fourth-order valence-electron chi connectivity index (χ4n) is 0.890. The highest BCUT2D eigenvalue weighted by Gasteiger charge is 2.41. The van der Waals surface area contributed by atoms with Gasteiger partial charge in [0.05, 0.1) is 0 Å². The lowest BCUT2D eigenvalue weighted by Gasteiger charge is -2.33. The van der Waals surface area contributed by atoms with Gasteiger partial charge in [0.2, 0.25) is 0 Å². The maximum atomic E-state index is 10.5. The fourth-order valence-corrected chi connectivity index (χ4v) is 0.890. The molecule has 1 rings (SSSR count). The van der Waals surface area contributed by atoms with E-state index < -0.39 is 5.60 Å². The van der Waals surface area contributed by atoms with E-state index in [9.17, 15) is 4.79 Å². The molecule has 0 aliphatic heterocycles. The summed E-state index contributed by atoms with van der Waals surface area (Å²) in [5.41, 5.74) is -0.917. The summed E-state index contributed by atoms with van der Waals surface area (Å²) in [5, 5.41) is 9.14. The van der Waals surface area contributed by atoms with Crippen molar-refractivity contribution in [3.05, 3.63) is 0 Å². The molecule has 1 aliphatic carbocycles. The molecule has 0 bridgehead atoms. The Balaban J connectivity index is 2.55. The molecule has 2 heteroatoms. The van der Waals surface area contributed by atoms with Crippen LogP contribution in [0.15, 0.2) is 0 Å². The lowest BCUT2D eigenvalue weighted by atomic mass is 9.77. The van der Waals surface area contributed by atoms with Crippen LogP contribution in [0.5, 0.6) is 0 Å². The van der Waals surface area contributed by atoms with Gasteiger partial charge in [-0.15, -0.1) is 0 Å². The zero-order chi connectivity index (χ0) is 6.20. The highest BCUT2D eigenvalue weighted by Crippen LogP contribution is 2.30. The smallest absolute Gasteiger partial charge is 0.164 e. The number of hydrogen-bond acceptors (Lipinski definition) is 2. The van der Waals surface area contributed by atoms with E-state index in [4.69, 9.17) is 5.11 Å². The summed E-state index contributed by atoms with van der Waals surface area (Å²) in [7, 11) is 0. The van der Waals surface area contributed by atoms with Crippen molar-refractivity contribution in [2.24, 2.45) is 0 Å². The Morgan fingerprint density at radius 1 is 1.88 bits per heavy atom. The third-order valence-corrected chi connectivity index (χ3v) is 1.87. The van der Waals surface area contributed by atoms with E-state index in [2.05, 4.69) is 0 Å². The van der Waals surface area contributed by atoms with Crippen LogP contribution in [0, 0.1) is 0 Å². The number of carbonyl (C=O) groups excluding carboxylic acids is 1. The molecule has 0 spiro atoms. The van der Waals surface area contributed by atoms with Crippen molar-refractivity contribution in [1.82, 2.24) is 0 Å². The average Bonchev–Trinajstić information content (AvgIpc) is 1.83. The Hall–Kier alpha value is -0.370. The quantitative estimate of drug-likeness (QED) is 0.538. The van der Waals surface area contributed by atoms with Crippen LogP contribution in [0.4, 0.5) is 0 Å². The number of hydrogen-bond donors (Lipinski definition) is 1. The van der Waals surface area contributed by atoms with Crippen molar-refractivity contribution in [1.29, 1.82) is 0 Å². The molecule has 1 unspecified atom stereocenters. The van der Waals surface area contributed by atoms with Gasteiger partial charge in [0.15, 0.2) is 5.78 Å². The van der Waals surface area contributed by atoms with Gasteiger partial charge in [0.25, 0.3) is 0 Å². The molecule has 1 N–H and O–H groups in total. The Bertz CT molecular complexity index is 116. The minimum atomic E-state index is -0.917. The van der Waals surface area contributed by atoms with Crippen LogP contribution in [-0.4, -0.2) is 16.5 Å². The predicted molar refractivity (Wildman–Crippen MR) is 29.5 cm³/mol. The van der Waals surface area contributed by atoms with Gasteiger partial charge in [-0.25, -0.2) is 0 Å². The Morgan fingerprint density at radius 2 is 2.50 bits per heavy atom. The lowest BCUT2D eigenvalue weighted by Crippen LogP contribution is -2.46. The van der Waals surface area contributed by atoms with E-state index in [0.29, 0.717) is 19.3 Å². The first kappa shape index (κ1) is 5.76. The molecule has 2 nitrogen and oxygen atoms in total. The van der Waals surface area contributed by atoms with E-state index in [1.807, 2.05) is 6.92 Å². The Kier molecular flexibility index (Phi) is 1.12. The second kappa shape index (κ2) is 1.55. The maximum Gasteiger partial charge on any atom is 0.164 e. The fraction of sp³-hybridized carbons (Fsp3) is 0.833. The van der Waals surface area contributed by atoms with Crippen LogP contribution >= 0.6 is 0 Å². The van der Waals surface area contributed by atoms with E-state index in [0.717, 1.165) is 0 Å². The van der Waals surface area contributed by atoms with Gasteiger partial charge >= 0.3 is 0 Å². The number of Topliss-reactive ketones (excluding diaryl/α,β-unsaturated/α-hetero) is 1. The zero-order valence-electron chi connectivity index (χ0n) is 4.98. The van der Waals surface area contributed by atoms with Crippen molar-refractivity contribution in [2.75, 3.05) is 0 Å². The SMILES string of the molecule is CCC1(O)CCC1=O. The minimum absolute atomic E-state index is 0.0139. The second-order valence-electron chi connectivity index (χ2n) is 2.31. The van der Waals surface area contributed by atoms with Crippen LogP contribution in [0.2, 0.25) is 0 Å². The van der Waals surface area contributed by atoms with Crippen molar-refractivity contribution < 1.29 is 9.90 Å².